The number of hydrogen-bond acceptors (Lipinski definition) is 1. The molecule has 0 heterocycles. The van der Waals surface area contributed by atoms with E-state index in [9.17, 15) is 13.2 Å². The Morgan fingerprint density at radius 1 is 1.14 bits per heavy atom. The summed E-state index contributed by atoms with van der Waals surface area (Å²) in [5.74, 6) is -1.23. The molecule has 0 amide bonds. The van der Waals surface area contributed by atoms with Gasteiger partial charge in [0.05, 0.1) is 11.5 Å². The lowest BCUT2D eigenvalue weighted by Gasteiger charge is -2.20. The van der Waals surface area contributed by atoms with E-state index in [0.717, 1.165) is 0 Å². The molecule has 0 saturated carbocycles. The fourth-order valence-electron chi connectivity index (χ4n) is 0.932. The van der Waals surface area contributed by atoms with Crippen LogP contribution in [-0.2, 0) is 4.74 Å². The third-order valence-electron chi connectivity index (χ3n) is 1.88. The monoisotopic (exact) mass is 212 g/mol. The summed E-state index contributed by atoms with van der Waals surface area (Å²) in [7, 11) is 0. The molecule has 4 heteroatoms. The van der Waals surface area contributed by atoms with E-state index in [0.29, 0.717) is 13.0 Å². The predicted molar refractivity (Wildman–Crippen MR) is 50.2 cm³/mol. The molecule has 0 N–H and O–H groups in total. The zero-order valence-corrected chi connectivity index (χ0v) is 9.24. The van der Waals surface area contributed by atoms with E-state index in [1.54, 1.807) is 0 Å². The van der Waals surface area contributed by atoms with Gasteiger partial charge in [-0.1, -0.05) is 6.92 Å². The molecule has 0 aromatic rings. The maximum absolute atomic E-state index is 12.1. The summed E-state index contributed by atoms with van der Waals surface area (Å²) in [5.41, 5.74) is -0.262. The zero-order valence-electron chi connectivity index (χ0n) is 9.24. The third kappa shape index (κ3) is 7.18. The van der Waals surface area contributed by atoms with E-state index in [2.05, 4.69) is 0 Å². The van der Waals surface area contributed by atoms with Gasteiger partial charge in [-0.25, -0.2) is 0 Å². The molecule has 0 rings (SSSR count). The normalized spacial score (nSPS) is 15.6. The standard InChI is InChI=1S/C10H19F3O/c1-8(10(11,12)13)6-5-7-14-9(2,3)4/h8H,5-7H2,1-4H3. The van der Waals surface area contributed by atoms with Crippen molar-refractivity contribution >= 4 is 0 Å². The van der Waals surface area contributed by atoms with Gasteiger partial charge in [-0.2, -0.15) is 13.2 Å². The molecule has 0 aromatic heterocycles. The second-order valence-electron chi connectivity index (χ2n) is 4.55. The van der Waals surface area contributed by atoms with Crippen LogP contribution in [0.25, 0.3) is 0 Å². The number of ether oxygens (including phenoxy) is 1. The molecule has 1 unspecified atom stereocenters. The second kappa shape index (κ2) is 5.01. The van der Waals surface area contributed by atoms with Crippen LogP contribution in [0.5, 0.6) is 0 Å². The largest absolute Gasteiger partial charge is 0.391 e. The van der Waals surface area contributed by atoms with Crippen LogP contribution in [0.1, 0.15) is 40.5 Å². The predicted octanol–water partition coefficient (Wildman–Crippen LogP) is 3.78. The summed E-state index contributed by atoms with van der Waals surface area (Å²) < 4.78 is 41.5. The van der Waals surface area contributed by atoms with Crippen LogP contribution in [0, 0.1) is 5.92 Å². The third-order valence-corrected chi connectivity index (χ3v) is 1.88. The molecular formula is C10H19F3O. The Morgan fingerprint density at radius 3 is 2.00 bits per heavy atom. The Labute approximate surface area is 83.6 Å². The van der Waals surface area contributed by atoms with E-state index in [-0.39, 0.29) is 12.0 Å². The molecule has 1 atom stereocenters. The fraction of sp³-hybridized carbons (Fsp3) is 1.00. The van der Waals surface area contributed by atoms with Crippen LogP contribution in [0.3, 0.4) is 0 Å². The summed E-state index contributed by atoms with van der Waals surface area (Å²) in [6.07, 6.45) is -3.47. The van der Waals surface area contributed by atoms with Crippen molar-refractivity contribution in [2.24, 2.45) is 5.92 Å². The topological polar surface area (TPSA) is 9.23 Å². The van der Waals surface area contributed by atoms with Crippen molar-refractivity contribution in [2.75, 3.05) is 6.61 Å². The Hall–Kier alpha value is -0.250. The molecule has 0 aliphatic heterocycles. The molecule has 0 radical (unpaired) electrons. The SMILES string of the molecule is CC(CCCOC(C)(C)C)C(F)(F)F. The molecule has 1 nitrogen and oxygen atoms in total. The lowest BCUT2D eigenvalue weighted by atomic mass is 10.1. The smallest absolute Gasteiger partial charge is 0.376 e. The second-order valence-corrected chi connectivity index (χ2v) is 4.55. The lowest BCUT2D eigenvalue weighted by molar-refractivity contribution is -0.172. The van der Waals surface area contributed by atoms with Crippen LogP contribution in [0.4, 0.5) is 13.2 Å². The highest BCUT2D eigenvalue weighted by atomic mass is 19.4. The zero-order chi connectivity index (χ0) is 11.4. The first-order chi connectivity index (χ1) is 6.13. The number of alkyl halides is 3. The Kier molecular flexibility index (Phi) is 4.92. The Morgan fingerprint density at radius 2 is 1.64 bits per heavy atom. The minimum atomic E-state index is -4.07. The van der Waals surface area contributed by atoms with Gasteiger partial charge in [0.15, 0.2) is 0 Å². The Balaban J connectivity index is 3.56. The van der Waals surface area contributed by atoms with Crippen molar-refractivity contribution in [2.45, 2.75) is 52.3 Å². The molecule has 0 fully saturated rings. The number of hydrogen-bond donors (Lipinski definition) is 0. The van der Waals surface area contributed by atoms with Crippen molar-refractivity contribution in [1.82, 2.24) is 0 Å². The van der Waals surface area contributed by atoms with Crippen LogP contribution in [0.15, 0.2) is 0 Å². The molecule has 0 aromatic carbocycles. The van der Waals surface area contributed by atoms with Gasteiger partial charge in [-0.3, -0.25) is 0 Å². The average Bonchev–Trinajstić information content (AvgIpc) is 1.93. The molecular weight excluding hydrogens is 193 g/mol. The van der Waals surface area contributed by atoms with Crippen LogP contribution in [-0.4, -0.2) is 18.4 Å². The summed E-state index contributed by atoms with van der Waals surface area (Å²) >= 11 is 0. The molecule has 0 aliphatic rings. The first-order valence-corrected chi connectivity index (χ1v) is 4.83. The van der Waals surface area contributed by atoms with Gasteiger partial charge in [0.2, 0.25) is 0 Å². The first kappa shape index (κ1) is 13.8. The van der Waals surface area contributed by atoms with Gasteiger partial charge in [0.25, 0.3) is 0 Å². The van der Waals surface area contributed by atoms with Gasteiger partial charge in [0.1, 0.15) is 0 Å². The van der Waals surface area contributed by atoms with Crippen molar-refractivity contribution < 1.29 is 17.9 Å². The van der Waals surface area contributed by atoms with E-state index < -0.39 is 12.1 Å². The number of rotatable bonds is 4. The molecule has 14 heavy (non-hydrogen) atoms. The molecule has 0 saturated heterocycles. The summed E-state index contributed by atoms with van der Waals surface area (Å²) in [6.45, 7) is 7.27. The minimum Gasteiger partial charge on any atom is -0.376 e. The molecule has 86 valence electrons. The summed E-state index contributed by atoms with van der Waals surface area (Å²) in [4.78, 5) is 0. The first-order valence-electron chi connectivity index (χ1n) is 4.83. The van der Waals surface area contributed by atoms with Crippen molar-refractivity contribution in [1.29, 1.82) is 0 Å². The quantitative estimate of drug-likeness (QED) is 0.644. The van der Waals surface area contributed by atoms with E-state index >= 15 is 0 Å². The van der Waals surface area contributed by atoms with Crippen molar-refractivity contribution in [3.63, 3.8) is 0 Å². The molecule has 0 spiro atoms. The maximum Gasteiger partial charge on any atom is 0.391 e. The minimum absolute atomic E-state index is 0.138. The highest BCUT2D eigenvalue weighted by molar-refractivity contribution is 4.63. The highest BCUT2D eigenvalue weighted by Gasteiger charge is 2.35. The maximum atomic E-state index is 12.1. The van der Waals surface area contributed by atoms with Gasteiger partial charge >= 0.3 is 6.18 Å². The summed E-state index contributed by atoms with van der Waals surface area (Å²) in [6, 6.07) is 0. The van der Waals surface area contributed by atoms with Crippen LogP contribution in [0.2, 0.25) is 0 Å². The highest BCUT2D eigenvalue weighted by Crippen LogP contribution is 2.29. The van der Waals surface area contributed by atoms with Crippen LogP contribution < -0.4 is 0 Å². The van der Waals surface area contributed by atoms with Crippen molar-refractivity contribution in [3.05, 3.63) is 0 Å². The van der Waals surface area contributed by atoms with Gasteiger partial charge in [0, 0.05) is 6.61 Å². The van der Waals surface area contributed by atoms with E-state index in [4.69, 9.17) is 4.74 Å². The van der Waals surface area contributed by atoms with Gasteiger partial charge < -0.3 is 4.74 Å². The average molecular weight is 212 g/mol. The molecule has 0 bridgehead atoms. The van der Waals surface area contributed by atoms with Crippen LogP contribution >= 0.6 is 0 Å². The molecule has 0 aliphatic carbocycles. The number of halogens is 3. The van der Waals surface area contributed by atoms with Gasteiger partial charge in [-0.15, -0.1) is 0 Å². The van der Waals surface area contributed by atoms with E-state index in [1.165, 1.54) is 6.92 Å². The lowest BCUT2D eigenvalue weighted by Crippen LogP contribution is -2.22. The van der Waals surface area contributed by atoms with Gasteiger partial charge in [-0.05, 0) is 33.6 Å². The fourth-order valence-corrected chi connectivity index (χ4v) is 0.932. The van der Waals surface area contributed by atoms with E-state index in [1.807, 2.05) is 20.8 Å². The Bertz CT molecular complexity index is 158. The summed E-state index contributed by atoms with van der Waals surface area (Å²) in [5, 5.41) is 0. The van der Waals surface area contributed by atoms with Crippen molar-refractivity contribution in [3.8, 4) is 0 Å².